The first-order valence-corrected chi connectivity index (χ1v) is 7.47. The Morgan fingerprint density at radius 2 is 1.83 bits per heavy atom. The van der Waals surface area contributed by atoms with Crippen LogP contribution >= 0.6 is 11.6 Å². The molecule has 1 atom stereocenters. The maximum absolute atomic E-state index is 12.2. The number of carbonyl (C=O) groups is 1. The standard InChI is InChI=1S/C17H14ClN3O2/c1-11(12-5-3-2-4-6-12)19-16(22)17-20-15(21-23-17)13-7-9-14(18)10-8-13/h2-11H,1H3,(H,19,22)/t11-/m1/s1. The van der Waals surface area contributed by atoms with E-state index < -0.39 is 5.91 Å². The summed E-state index contributed by atoms with van der Waals surface area (Å²) in [7, 11) is 0. The molecule has 0 spiro atoms. The van der Waals surface area contributed by atoms with E-state index in [-0.39, 0.29) is 11.9 Å². The van der Waals surface area contributed by atoms with Crippen LogP contribution in [-0.2, 0) is 0 Å². The van der Waals surface area contributed by atoms with E-state index in [4.69, 9.17) is 16.1 Å². The highest BCUT2D eigenvalue weighted by Gasteiger charge is 2.18. The van der Waals surface area contributed by atoms with E-state index in [2.05, 4.69) is 15.5 Å². The van der Waals surface area contributed by atoms with Gasteiger partial charge in [0.05, 0.1) is 6.04 Å². The van der Waals surface area contributed by atoms with Crippen LogP contribution in [0.4, 0.5) is 0 Å². The van der Waals surface area contributed by atoms with E-state index in [1.54, 1.807) is 24.3 Å². The molecule has 0 saturated carbocycles. The summed E-state index contributed by atoms with van der Waals surface area (Å²) in [5.41, 5.74) is 1.73. The van der Waals surface area contributed by atoms with Crippen LogP contribution in [-0.4, -0.2) is 16.0 Å². The van der Waals surface area contributed by atoms with Gasteiger partial charge in [0.25, 0.3) is 0 Å². The lowest BCUT2D eigenvalue weighted by Crippen LogP contribution is -2.26. The van der Waals surface area contributed by atoms with Gasteiger partial charge in [-0.15, -0.1) is 0 Å². The molecule has 1 aromatic heterocycles. The molecule has 0 aliphatic heterocycles. The maximum Gasteiger partial charge on any atom is 0.316 e. The minimum Gasteiger partial charge on any atom is -0.341 e. The number of nitrogens with one attached hydrogen (secondary N) is 1. The zero-order valence-corrected chi connectivity index (χ0v) is 13.1. The molecule has 0 fully saturated rings. The Balaban J connectivity index is 1.72. The molecular formula is C17H14ClN3O2. The summed E-state index contributed by atoms with van der Waals surface area (Å²) >= 11 is 5.84. The first kappa shape index (κ1) is 15.2. The van der Waals surface area contributed by atoms with Gasteiger partial charge in [-0.3, -0.25) is 4.79 Å². The molecule has 3 rings (SSSR count). The van der Waals surface area contributed by atoms with E-state index in [9.17, 15) is 4.79 Å². The van der Waals surface area contributed by atoms with E-state index in [0.717, 1.165) is 11.1 Å². The van der Waals surface area contributed by atoms with Crippen molar-refractivity contribution in [3.05, 3.63) is 71.1 Å². The first-order valence-electron chi connectivity index (χ1n) is 7.09. The lowest BCUT2D eigenvalue weighted by molar-refractivity contribution is 0.0895. The van der Waals surface area contributed by atoms with Crippen molar-refractivity contribution in [2.45, 2.75) is 13.0 Å². The highest BCUT2D eigenvalue weighted by molar-refractivity contribution is 6.30. The Hall–Kier alpha value is -2.66. The lowest BCUT2D eigenvalue weighted by atomic mass is 10.1. The topological polar surface area (TPSA) is 68.0 Å². The van der Waals surface area contributed by atoms with Gasteiger partial charge in [0.15, 0.2) is 0 Å². The number of rotatable bonds is 4. The zero-order chi connectivity index (χ0) is 16.2. The molecule has 0 radical (unpaired) electrons. The van der Waals surface area contributed by atoms with Crippen molar-refractivity contribution in [3.63, 3.8) is 0 Å². The van der Waals surface area contributed by atoms with Gasteiger partial charge < -0.3 is 9.84 Å². The summed E-state index contributed by atoms with van der Waals surface area (Å²) in [5, 5.41) is 7.27. The van der Waals surface area contributed by atoms with Gasteiger partial charge in [-0.2, -0.15) is 4.98 Å². The Labute approximate surface area is 138 Å². The minimum atomic E-state index is -0.408. The van der Waals surface area contributed by atoms with Crippen LogP contribution in [0.1, 0.15) is 29.2 Å². The normalized spacial score (nSPS) is 11.9. The molecule has 0 aliphatic carbocycles. The van der Waals surface area contributed by atoms with Crippen LogP contribution < -0.4 is 5.32 Å². The number of hydrogen-bond acceptors (Lipinski definition) is 4. The second-order valence-electron chi connectivity index (χ2n) is 5.04. The summed E-state index contributed by atoms with van der Waals surface area (Å²) in [6.45, 7) is 1.89. The average molecular weight is 328 g/mol. The van der Waals surface area contributed by atoms with E-state index in [0.29, 0.717) is 10.8 Å². The number of aromatic nitrogens is 2. The molecule has 6 heteroatoms. The number of carbonyl (C=O) groups excluding carboxylic acids is 1. The fourth-order valence-electron chi connectivity index (χ4n) is 2.12. The molecule has 0 aliphatic rings. The summed E-state index contributed by atoms with van der Waals surface area (Å²) in [5.74, 6) is -0.133. The van der Waals surface area contributed by atoms with Crippen LogP contribution in [0.25, 0.3) is 11.4 Å². The lowest BCUT2D eigenvalue weighted by Gasteiger charge is -2.12. The number of halogens is 1. The van der Waals surface area contributed by atoms with Crippen molar-refractivity contribution in [2.75, 3.05) is 0 Å². The quantitative estimate of drug-likeness (QED) is 0.789. The van der Waals surface area contributed by atoms with Crippen molar-refractivity contribution in [3.8, 4) is 11.4 Å². The molecule has 1 N–H and O–H groups in total. The van der Waals surface area contributed by atoms with Gasteiger partial charge in [0.2, 0.25) is 5.82 Å². The second kappa shape index (κ2) is 6.62. The van der Waals surface area contributed by atoms with Gasteiger partial charge in [-0.25, -0.2) is 0 Å². The fraction of sp³-hybridized carbons (Fsp3) is 0.118. The third-order valence-electron chi connectivity index (χ3n) is 3.37. The molecule has 0 bridgehead atoms. The Bertz CT molecular complexity index is 800. The number of hydrogen-bond donors (Lipinski definition) is 1. The molecule has 1 amide bonds. The summed E-state index contributed by atoms with van der Waals surface area (Å²) in [6, 6.07) is 16.5. The molecular weight excluding hydrogens is 314 g/mol. The molecule has 23 heavy (non-hydrogen) atoms. The smallest absolute Gasteiger partial charge is 0.316 e. The molecule has 0 saturated heterocycles. The molecule has 5 nitrogen and oxygen atoms in total. The first-order chi connectivity index (χ1) is 11.1. The summed E-state index contributed by atoms with van der Waals surface area (Å²) in [6.07, 6.45) is 0. The van der Waals surface area contributed by atoms with Gasteiger partial charge in [0.1, 0.15) is 0 Å². The highest BCUT2D eigenvalue weighted by Crippen LogP contribution is 2.19. The summed E-state index contributed by atoms with van der Waals surface area (Å²) < 4.78 is 5.04. The Morgan fingerprint density at radius 3 is 2.52 bits per heavy atom. The third kappa shape index (κ3) is 3.57. The predicted molar refractivity (Wildman–Crippen MR) is 87.1 cm³/mol. The zero-order valence-electron chi connectivity index (χ0n) is 12.4. The monoisotopic (exact) mass is 327 g/mol. The average Bonchev–Trinajstić information content (AvgIpc) is 3.06. The predicted octanol–water partition coefficient (Wildman–Crippen LogP) is 3.88. The Kier molecular flexibility index (Phi) is 4.39. The molecule has 0 unspecified atom stereocenters. The largest absolute Gasteiger partial charge is 0.341 e. The molecule has 116 valence electrons. The van der Waals surface area contributed by atoms with Crippen molar-refractivity contribution >= 4 is 17.5 Å². The minimum absolute atomic E-state index is 0.0715. The van der Waals surface area contributed by atoms with Crippen molar-refractivity contribution in [1.29, 1.82) is 0 Å². The van der Waals surface area contributed by atoms with Gasteiger partial charge in [-0.05, 0) is 36.8 Å². The van der Waals surface area contributed by atoms with Gasteiger partial charge >= 0.3 is 11.8 Å². The molecule has 1 heterocycles. The van der Waals surface area contributed by atoms with Gasteiger partial charge in [-0.1, -0.05) is 47.1 Å². The third-order valence-corrected chi connectivity index (χ3v) is 3.62. The summed E-state index contributed by atoms with van der Waals surface area (Å²) in [4.78, 5) is 16.3. The second-order valence-corrected chi connectivity index (χ2v) is 5.47. The van der Waals surface area contributed by atoms with E-state index in [1.165, 1.54) is 0 Å². The SMILES string of the molecule is C[C@@H](NC(=O)c1nc(-c2ccc(Cl)cc2)no1)c1ccccc1. The van der Waals surface area contributed by atoms with Crippen LogP contribution in [0.5, 0.6) is 0 Å². The van der Waals surface area contributed by atoms with Crippen molar-refractivity contribution < 1.29 is 9.32 Å². The van der Waals surface area contributed by atoms with Crippen LogP contribution in [0.15, 0.2) is 59.1 Å². The van der Waals surface area contributed by atoms with Crippen molar-refractivity contribution in [1.82, 2.24) is 15.5 Å². The van der Waals surface area contributed by atoms with E-state index in [1.807, 2.05) is 37.3 Å². The molecule has 3 aromatic rings. The Morgan fingerprint density at radius 1 is 1.13 bits per heavy atom. The van der Waals surface area contributed by atoms with Crippen LogP contribution in [0.3, 0.4) is 0 Å². The van der Waals surface area contributed by atoms with Crippen LogP contribution in [0, 0.1) is 0 Å². The van der Waals surface area contributed by atoms with Gasteiger partial charge in [0, 0.05) is 10.6 Å². The van der Waals surface area contributed by atoms with Crippen molar-refractivity contribution in [2.24, 2.45) is 0 Å². The van der Waals surface area contributed by atoms with E-state index >= 15 is 0 Å². The number of amides is 1. The maximum atomic E-state index is 12.2. The van der Waals surface area contributed by atoms with Crippen LogP contribution in [0.2, 0.25) is 5.02 Å². The molecule has 2 aromatic carbocycles. The number of nitrogens with zero attached hydrogens (tertiary/aromatic N) is 2. The fourth-order valence-corrected chi connectivity index (χ4v) is 2.24. The highest BCUT2D eigenvalue weighted by atomic mass is 35.5. The number of benzene rings is 2.